The van der Waals surface area contributed by atoms with Crippen molar-refractivity contribution in [3.63, 3.8) is 0 Å². The lowest BCUT2D eigenvalue weighted by Gasteiger charge is -2.40. The maximum atomic E-state index is 12.5. The predicted molar refractivity (Wildman–Crippen MR) is 112 cm³/mol. The molecular formula is C22H32O5Si. The quantitative estimate of drug-likeness (QED) is 0.397. The molecule has 0 saturated heterocycles. The topological polar surface area (TPSA) is 61.8 Å². The van der Waals surface area contributed by atoms with Gasteiger partial charge in [-0.3, -0.25) is 4.79 Å². The molecule has 28 heavy (non-hydrogen) atoms. The average molecular weight is 405 g/mol. The Morgan fingerprint density at radius 3 is 2.00 bits per heavy atom. The first kappa shape index (κ1) is 22.4. The number of rotatable bonds is 5. The molecule has 0 fully saturated rings. The summed E-state index contributed by atoms with van der Waals surface area (Å²) in [5.74, 6) is -0.701. The van der Waals surface area contributed by atoms with E-state index in [0.29, 0.717) is 18.4 Å². The van der Waals surface area contributed by atoms with E-state index in [1.54, 1.807) is 30.3 Å². The molecule has 0 radical (unpaired) electrons. The van der Waals surface area contributed by atoms with Gasteiger partial charge in [-0.1, -0.05) is 39.0 Å². The molecule has 1 aliphatic carbocycles. The van der Waals surface area contributed by atoms with Crippen LogP contribution in [-0.4, -0.2) is 38.6 Å². The lowest BCUT2D eigenvalue weighted by molar-refractivity contribution is -0.145. The Bertz CT molecular complexity index is 705. The van der Waals surface area contributed by atoms with Crippen LogP contribution in [0, 0.1) is 0 Å². The van der Waals surface area contributed by atoms with Gasteiger partial charge in [-0.25, -0.2) is 4.79 Å². The first-order valence-electron chi connectivity index (χ1n) is 9.77. The minimum atomic E-state index is -2.03. The number of hydrogen-bond donors (Lipinski definition) is 0. The molecule has 6 heteroatoms. The van der Waals surface area contributed by atoms with Gasteiger partial charge in [0.05, 0.1) is 11.7 Å². The minimum Gasteiger partial charge on any atom is -0.458 e. The first-order chi connectivity index (χ1) is 13.0. The highest BCUT2D eigenvalue weighted by molar-refractivity contribution is 6.74. The number of carbonyl (C=O) groups is 2. The summed E-state index contributed by atoms with van der Waals surface area (Å²) in [6, 6.07) is 8.93. The SMILES string of the molecule is CC(=O)O[C@@H]1C=C[C@H](OC(=O)c2ccccc2)C[C@@H](O[Si](C)(C)C(C)(C)C)C1. The summed E-state index contributed by atoms with van der Waals surface area (Å²) in [4.78, 5) is 23.9. The molecule has 0 heterocycles. The van der Waals surface area contributed by atoms with Gasteiger partial charge in [0, 0.05) is 19.8 Å². The van der Waals surface area contributed by atoms with Crippen LogP contribution in [0.25, 0.3) is 0 Å². The van der Waals surface area contributed by atoms with Crippen LogP contribution in [0.15, 0.2) is 42.5 Å². The average Bonchev–Trinajstić information content (AvgIpc) is 2.75. The summed E-state index contributed by atoms with van der Waals surface area (Å²) in [6.07, 6.45) is 3.74. The van der Waals surface area contributed by atoms with Crippen LogP contribution in [0.4, 0.5) is 0 Å². The van der Waals surface area contributed by atoms with Crippen LogP contribution in [-0.2, 0) is 18.7 Å². The normalized spacial score (nSPS) is 23.0. The van der Waals surface area contributed by atoms with E-state index in [2.05, 4.69) is 33.9 Å². The van der Waals surface area contributed by atoms with Gasteiger partial charge in [-0.05, 0) is 42.4 Å². The highest BCUT2D eigenvalue weighted by Crippen LogP contribution is 2.39. The molecule has 154 valence electrons. The Kier molecular flexibility index (Phi) is 7.23. The Balaban J connectivity index is 2.16. The summed E-state index contributed by atoms with van der Waals surface area (Å²) >= 11 is 0. The number of benzene rings is 1. The van der Waals surface area contributed by atoms with Crippen molar-refractivity contribution in [2.75, 3.05) is 0 Å². The van der Waals surface area contributed by atoms with Crippen molar-refractivity contribution in [3.8, 4) is 0 Å². The minimum absolute atomic E-state index is 0.0554. The second-order valence-corrected chi connectivity index (χ2v) is 13.6. The number of hydrogen-bond acceptors (Lipinski definition) is 5. The smallest absolute Gasteiger partial charge is 0.338 e. The maximum absolute atomic E-state index is 12.5. The van der Waals surface area contributed by atoms with E-state index in [9.17, 15) is 9.59 Å². The van der Waals surface area contributed by atoms with E-state index >= 15 is 0 Å². The van der Waals surface area contributed by atoms with Crippen LogP contribution >= 0.6 is 0 Å². The number of ether oxygens (including phenoxy) is 2. The van der Waals surface area contributed by atoms with Crippen molar-refractivity contribution in [1.82, 2.24) is 0 Å². The van der Waals surface area contributed by atoms with Crippen LogP contribution in [0.1, 0.15) is 50.9 Å². The second-order valence-electron chi connectivity index (χ2n) is 8.81. The summed E-state index contributed by atoms with van der Waals surface area (Å²) in [5, 5.41) is 0.0554. The highest BCUT2D eigenvalue weighted by Gasteiger charge is 2.40. The molecule has 1 aromatic carbocycles. The van der Waals surface area contributed by atoms with Crippen LogP contribution in [0.5, 0.6) is 0 Å². The summed E-state index contributed by atoms with van der Waals surface area (Å²) in [5.41, 5.74) is 0.513. The monoisotopic (exact) mass is 404 g/mol. The molecule has 3 atom stereocenters. The van der Waals surface area contributed by atoms with Crippen LogP contribution < -0.4 is 0 Å². The fourth-order valence-corrected chi connectivity index (χ4v) is 4.26. The maximum Gasteiger partial charge on any atom is 0.338 e. The molecule has 0 amide bonds. The Morgan fingerprint density at radius 2 is 1.50 bits per heavy atom. The molecule has 0 aliphatic heterocycles. The summed E-state index contributed by atoms with van der Waals surface area (Å²) in [7, 11) is -2.03. The van der Waals surface area contributed by atoms with Crippen LogP contribution in [0.2, 0.25) is 18.1 Å². The predicted octanol–water partition coefficient (Wildman–Crippen LogP) is 4.88. The van der Waals surface area contributed by atoms with E-state index in [1.165, 1.54) is 6.92 Å². The third-order valence-corrected chi connectivity index (χ3v) is 9.92. The molecule has 1 aliphatic rings. The van der Waals surface area contributed by atoms with Crippen molar-refractivity contribution in [3.05, 3.63) is 48.0 Å². The zero-order valence-corrected chi connectivity index (χ0v) is 18.7. The van der Waals surface area contributed by atoms with Crippen molar-refractivity contribution in [2.24, 2.45) is 0 Å². The third kappa shape index (κ3) is 6.31. The van der Waals surface area contributed by atoms with Crippen molar-refractivity contribution < 1.29 is 23.5 Å². The van der Waals surface area contributed by atoms with Gasteiger partial charge < -0.3 is 13.9 Å². The molecule has 0 spiro atoms. The van der Waals surface area contributed by atoms with Gasteiger partial charge in [0.1, 0.15) is 12.2 Å². The Labute approximate surface area is 169 Å². The van der Waals surface area contributed by atoms with Gasteiger partial charge in [-0.2, -0.15) is 0 Å². The molecule has 0 bridgehead atoms. The Morgan fingerprint density at radius 1 is 0.964 bits per heavy atom. The lowest BCUT2D eigenvalue weighted by atomic mass is 10.1. The van der Waals surface area contributed by atoms with Gasteiger partial charge in [0.15, 0.2) is 8.32 Å². The van der Waals surface area contributed by atoms with Gasteiger partial charge in [0.2, 0.25) is 0 Å². The fourth-order valence-electron chi connectivity index (χ4n) is 2.88. The molecule has 0 N–H and O–H groups in total. The molecule has 2 rings (SSSR count). The largest absolute Gasteiger partial charge is 0.458 e. The molecule has 5 nitrogen and oxygen atoms in total. The number of carbonyl (C=O) groups excluding carboxylic acids is 2. The van der Waals surface area contributed by atoms with Gasteiger partial charge in [0.25, 0.3) is 0 Å². The van der Waals surface area contributed by atoms with E-state index in [-0.39, 0.29) is 29.2 Å². The molecule has 1 aromatic rings. The molecule has 0 aromatic heterocycles. The first-order valence-corrected chi connectivity index (χ1v) is 12.7. The lowest BCUT2D eigenvalue weighted by Crippen LogP contribution is -2.45. The zero-order chi connectivity index (χ0) is 20.9. The van der Waals surface area contributed by atoms with E-state index in [0.717, 1.165) is 0 Å². The van der Waals surface area contributed by atoms with E-state index < -0.39 is 14.4 Å². The molecule has 0 unspecified atom stereocenters. The summed E-state index contributed by atoms with van der Waals surface area (Å²) in [6.45, 7) is 12.3. The van der Waals surface area contributed by atoms with E-state index in [1.807, 2.05) is 12.1 Å². The fraction of sp³-hybridized carbons (Fsp3) is 0.545. The second kappa shape index (κ2) is 9.05. The van der Waals surface area contributed by atoms with Gasteiger partial charge >= 0.3 is 11.9 Å². The van der Waals surface area contributed by atoms with Crippen molar-refractivity contribution in [1.29, 1.82) is 0 Å². The molecule has 0 saturated carbocycles. The summed E-state index contributed by atoms with van der Waals surface area (Å²) < 4.78 is 17.7. The van der Waals surface area contributed by atoms with Gasteiger partial charge in [-0.15, -0.1) is 0 Å². The van der Waals surface area contributed by atoms with Crippen molar-refractivity contribution >= 4 is 20.3 Å². The van der Waals surface area contributed by atoms with Crippen molar-refractivity contribution in [2.45, 2.75) is 77.0 Å². The standard InChI is InChI=1S/C22H32O5Si/c1-16(23)25-18-12-13-19(26-21(24)17-10-8-7-9-11-17)15-20(14-18)27-28(5,6)22(2,3)4/h7-13,18-20H,14-15H2,1-6H3/t18-,19+,20+/m1/s1. The molecular weight excluding hydrogens is 372 g/mol. The van der Waals surface area contributed by atoms with E-state index in [4.69, 9.17) is 13.9 Å². The Hall–Kier alpha value is -1.92. The zero-order valence-electron chi connectivity index (χ0n) is 17.7. The third-order valence-electron chi connectivity index (χ3n) is 5.38. The number of esters is 2. The van der Waals surface area contributed by atoms with Crippen LogP contribution in [0.3, 0.4) is 0 Å². The highest BCUT2D eigenvalue weighted by atomic mass is 28.4.